The van der Waals surface area contributed by atoms with E-state index in [1.165, 1.54) is 11.3 Å². The lowest BCUT2D eigenvalue weighted by atomic mass is 10.1. The molecule has 0 saturated heterocycles. The summed E-state index contributed by atoms with van der Waals surface area (Å²) in [6.45, 7) is 2.27. The quantitative estimate of drug-likeness (QED) is 0.715. The molecule has 5 N–H and O–H groups in total. The van der Waals surface area contributed by atoms with E-state index in [2.05, 4.69) is 5.32 Å². The summed E-state index contributed by atoms with van der Waals surface area (Å²) in [5.41, 5.74) is 10.7. The lowest BCUT2D eigenvalue weighted by molar-refractivity contribution is -0.132. The Morgan fingerprint density at radius 3 is 2.68 bits per heavy atom. The number of rotatable bonds is 6. The predicted molar refractivity (Wildman–Crippen MR) is 75.7 cm³/mol. The van der Waals surface area contributed by atoms with Gasteiger partial charge in [-0.1, -0.05) is 6.07 Å². The first-order chi connectivity index (χ1) is 8.95. The molecule has 2 unspecified atom stereocenters. The third-order valence-corrected chi connectivity index (χ3v) is 3.96. The van der Waals surface area contributed by atoms with E-state index in [4.69, 9.17) is 11.5 Å². The van der Waals surface area contributed by atoms with Crippen molar-refractivity contribution in [1.29, 1.82) is 0 Å². The van der Waals surface area contributed by atoms with Crippen LogP contribution in [0.1, 0.15) is 24.3 Å². The zero-order chi connectivity index (χ0) is 14.4. The molecule has 19 heavy (non-hydrogen) atoms. The van der Waals surface area contributed by atoms with E-state index in [0.717, 1.165) is 4.88 Å². The van der Waals surface area contributed by atoms with Crippen molar-refractivity contribution in [3.63, 3.8) is 0 Å². The normalized spacial score (nSPS) is 13.6. The topological polar surface area (TPSA) is 101 Å². The second kappa shape index (κ2) is 7.10. The molecule has 0 aliphatic carbocycles. The Balaban J connectivity index is 2.73. The van der Waals surface area contributed by atoms with E-state index < -0.39 is 12.1 Å². The average molecular weight is 284 g/mol. The molecular formula is C12H20N4O2S. The van der Waals surface area contributed by atoms with E-state index >= 15 is 0 Å². The molecular weight excluding hydrogens is 264 g/mol. The fourth-order valence-corrected chi connectivity index (χ4v) is 2.38. The van der Waals surface area contributed by atoms with Gasteiger partial charge in [0.1, 0.15) is 0 Å². The van der Waals surface area contributed by atoms with Gasteiger partial charge in [0, 0.05) is 24.5 Å². The zero-order valence-corrected chi connectivity index (χ0v) is 11.9. The maximum atomic E-state index is 12.1. The predicted octanol–water partition coefficient (Wildman–Crippen LogP) is 0.653. The van der Waals surface area contributed by atoms with E-state index in [9.17, 15) is 9.59 Å². The van der Waals surface area contributed by atoms with Crippen molar-refractivity contribution in [2.24, 2.45) is 11.5 Å². The summed E-state index contributed by atoms with van der Waals surface area (Å²) in [7, 11) is 1.70. The third-order valence-electron chi connectivity index (χ3n) is 2.98. The SMILES string of the molecule is CC(CN)N(C)C(=O)CC(NC(N)=O)c1cccs1. The molecule has 7 heteroatoms. The number of carbonyl (C=O) groups excluding carboxylic acids is 2. The van der Waals surface area contributed by atoms with Crippen molar-refractivity contribution in [1.82, 2.24) is 10.2 Å². The van der Waals surface area contributed by atoms with Crippen molar-refractivity contribution in [3.05, 3.63) is 22.4 Å². The summed E-state index contributed by atoms with van der Waals surface area (Å²) in [6.07, 6.45) is 0.171. The van der Waals surface area contributed by atoms with Gasteiger partial charge in [-0.15, -0.1) is 11.3 Å². The van der Waals surface area contributed by atoms with Gasteiger partial charge in [-0.05, 0) is 18.4 Å². The molecule has 0 bridgehead atoms. The molecule has 1 aromatic heterocycles. The van der Waals surface area contributed by atoms with Crippen molar-refractivity contribution in [2.45, 2.75) is 25.4 Å². The van der Waals surface area contributed by atoms with Crippen LogP contribution in [0.2, 0.25) is 0 Å². The Morgan fingerprint density at radius 2 is 2.21 bits per heavy atom. The van der Waals surface area contributed by atoms with Crippen LogP contribution in [-0.4, -0.2) is 36.5 Å². The molecule has 1 aromatic rings. The summed E-state index contributed by atoms with van der Waals surface area (Å²) in [6, 6.07) is 2.67. The second-order valence-corrected chi connectivity index (χ2v) is 5.35. The van der Waals surface area contributed by atoms with Crippen molar-refractivity contribution in [2.75, 3.05) is 13.6 Å². The fraction of sp³-hybridized carbons (Fsp3) is 0.500. The van der Waals surface area contributed by atoms with Crippen LogP contribution in [0.5, 0.6) is 0 Å². The highest BCUT2D eigenvalue weighted by molar-refractivity contribution is 7.10. The number of hydrogen-bond acceptors (Lipinski definition) is 4. The van der Waals surface area contributed by atoms with Gasteiger partial charge in [0.25, 0.3) is 0 Å². The molecule has 0 radical (unpaired) electrons. The first kappa shape index (κ1) is 15.5. The van der Waals surface area contributed by atoms with E-state index in [1.54, 1.807) is 11.9 Å². The van der Waals surface area contributed by atoms with Crippen LogP contribution in [-0.2, 0) is 4.79 Å². The van der Waals surface area contributed by atoms with Crippen LogP contribution in [0.4, 0.5) is 4.79 Å². The molecule has 1 rings (SSSR count). The van der Waals surface area contributed by atoms with Crippen molar-refractivity contribution in [3.8, 4) is 0 Å². The summed E-state index contributed by atoms with van der Waals surface area (Å²) >= 11 is 1.48. The molecule has 2 atom stereocenters. The summed E-state index contributed by atoms with van der Waals surface area (Å²) < 4.78 is 0. The van der Waals surface area contributed by atoms with E-state index in [1.807, 2.05) is 24.4 Å². The molecule has 0 aliphatic rings. The number of amides is 3. The number of hydrogen-bond donors (Lipinski definition) is 3. The van der Waals surface area contributed by atoms with Gasteiger partial charge in [0.15, 0.2) is 0 Å². The number of primary amides is 1. The minimum atomic E-state index is -0.638. The Labute approximate surface area is 116 Å². The summed E-state index contributed by atoms with van der Waals surface area (Å²) in [5.74, 6) is -0.0786. The van der Waals surface area contributed by atoms with E-state index in [0.29, 0.717) is 6.54 Å². The number of urea groups is 1. The third kappa shape index (κ3) is 4.53. The van der Waals surface area contributed by atoms with Crippen molar-refractivity contribution < 1.29 is 9.59 Å². The van der Waals surface area contributed by atoms with Crippen LogP contribution < -0.4 is 16.8 Å². The maximum Gasteiger partial charge on any atom is 0.312 e. The van der Waals surface area contributed by atoms with Gasteiger partial charge >= 0.3 is 6.03 Å². The Morgan fingerprint density at radius 1 is 1.53 bits per heavy atom. The van der Waals surface area contributed by atoms with Crippen LogP contribution in [0, 0.1) is 0 Å². The maximum absolute atomic E-state index is 12.1. The smallest absolute Gasteiger partial charge is 0.312 e. The molecule has 0 aliphatic heterocycles. The zero-order valence-electron chi connectivity index (χ0n) is 11.1. The Hall–Kier alpha value is -1.60. The summed E-state index contributed by atoms with van der Waals surface area (Å²) in [5, 5.41) is 4.49. The molecule has 0 aromatic carbocycles. The number of nitrogens with one attached hydrogen (secondary N) is 1. The number of carbonyl (C=O) groups is 2. The van der Waals surface area contributed by atoms with Gasteiger partial charge in [-0.25, -0.2) is 4.79 Å². The highest BCUT2D eigenvalue weighted by Crippen LogP contribution is 2.22. The Bertz CT molecular complexity index is 421. The minimum Gasteiger partial charge on any atom is -0.352 e. The highest BCUT2D eigenvalue weighted by Gasteiger charge is 2.22. The first-order valence-electron chi connectivity index (χ1n) is 6.00. The van der Waals surface area contributed by atoms with Crippen LogP contribution in [0.15, 0.2) is 17.5 Å². The Kier molecular flexibility index (Phi) is 5.78. The monoisotopic (exact) mass is 284 g/mol. The molecule has 0 saturated carbocycles. The fourth-order valence-electron chi connectivity index (χ4n) is 1.61. The van der Waals surface area contributed by atoms with Gasteiger partial charge < -0.3 is 21.7 Å². The van der Waals surface area contributed by atoms with E-state index in [-0.39, 0.29) is 18.4 Å². The van der Waals surface area contributed by atoms with Crippen LogP contribution in [0.3, 0.4) is 0 Å². The molecule has 106 valence electrons. The van der Waals surface area contributed by atoms with Gasteiger partial charge in [0.2, 0.25) is 5.91 Å². The lowest BCUT2D eigenvalue weighted by Crippen LogP contribution is -2.42. The number of thiophene rings is 1. The van der Waals surface area contributed by atoms with Gasteiger partial charge in [-0.3, -0.25) is 4.79 Å². The highest BCUT2D eigenvalue weighted by atomic mass is 32.1. The first-order valence-corrected chi connectivity index (χ1v) is 6.88. The number of nitrogens with two attached hydrogens (primary N) is 2. The molecule has 0 spiro atoms. The summed E-state index contributed by atoms with van der Waals surface area (Å²) in [4.78, 5) is 25.6. The number of likely N-dealkylation sites (N-methyl/N-ethyl adjacent to an activating group) is 1. The average Bonchev–Trinajstić information content (AvgIpc) is 2.89. The molecule has 3 amide bonds. The van der Waals surface area contributed by atoms with Gasteiger partial charge in [0.05, 0.1) is 12.5 Å². The molecule has 0 fully saturated rings. The van der Waals surface area contributed by atoms with Crippen LogP contribution in [0.25, 0.3) is 0 Å². The largest absolute Gasteiger partial charge is 0.352 e. The molecule has 6 nitrogen and oxygen atoms in total. The molecule has 1 heterocycles. The standard InChI is InChI=1S/C12H20N4O2S/c1-8(7-13)16(2)11(17)6-9(15-12(14)18)10-4-3-5-19-10/h3-5,8-9H,6-7,13H2,1-2H3,(H3,14,15,18). The van der Waals surface area contributed by atoms with Crippen molar-refractivity contribution >= 4 is 23.3 Å². The minimum absolute atomic E-state index is 0.0370. The second-order valence-electron chi connectivity index (χ2n) is 4.37. The van der Waals surface area contributed by atoms with Crippen LogP contribution >= 0.6 is 11.3 Å². The lowest BCUT2D eigenvalue weighted by Gasteiger charge is -2.26. The van der Waals surface area contributed by atoms with Gasteiger partial charge in [-0.2, -0.15) is 0 Å². The number of nitrogens with zero attached hydrogens (tertiary/aromatic N) is 1.